The minimum atomic E-state index is -3.57. The molecule has 1 aromatic heterocycles. The molecule has 1 fully saturated rings. The SMILES string of the molecule is Cc1nnc(NCc2ccccc2S(=O)(=O)N2CCOCC2)c2ccccc12. The number of nitrogens with zero attached hydrogens (tertiary/aromatic N) is 3. The number of nitrogens with one attached hydrogen (secondary N) is 1. The number of sulfonamides is 1. The zero-order valence-electron chi connectivity index (χ0n) is 15.6. The van der Waals surface area contributed by atoms with Crippen molar-refractivity contribution in [3.63, 3.8) is 0 Å². The second-order valence-corrected chi connectivity index (χ2v) is 8.56. The van der Waals surface area contributed by atoms with Crippen molar-refractivity contribution >= 4 is 26.6 Å². The molecule has 0 spiro atoms. The number of aryl methyl sites for hydroxylation is 1. The van der Waals surface area contributed by atoms with Crippen molar-refractivity contribution in [2.45, 2.75) is 18.4 Å². The molecule has 0 amide bonds. The molecule has 1 aliphatic rings. The van der Waals surface area contributed by atoms with Crippen LogP contribution < -0.4 is 5.32 Å². The molecule has 1 N–H and O–H groups in total. The summed E-state index contributed by atoms with van der Waals surface area (Å²) in [4.78, 5) is 0.314. The minimum absolute atomic E-state index is 0.314. The van der Waals surface area contributed by atoms with Gasteiger partial charge in [-0.2, -0.15) is 9.40 Å². The number of anilines is 1. The molecule has 146 valence electrons. The molecule has 0 saturated carbocycles. The van der Waals surface area contributed by atoms with Gasteiger partial charge in [0.15, 0.2) is 5.82 Å². The molecular weight excluding hydrogens is 376 g/mol. The predicted octanol–water partition coefficient (Wildman–Crippen LogP) is 2.57. The van der Waals surface area contributed by atoms with Crippen LogP contribution in [0, 0.1) is 6.92 Å². The van der Waals surface area contributed by atoms with E-state index in [-0.39, 0.29) is 0 Å². The van der Waals surface area contributed by atoms with Gasteiger partial charge in [-0.3, -0.25) is 0 Å². The maximum Gasteiger partial charge on any atom is 0.243 e. The lowest BCUT2D eigenvalue weighted by Crippen LogP contribution is -2.41. The van der Waals surface area contributed by atoms with Gasteiger partial charge in [-0.05, 0) is 18.6 Å². The van der Waals surface area contributed by atoms with Crippen LogP contribution in [0.3, 0.4) is 0 Å². The third-order valence-electron chi connectivity index (χ3n) is 4.88. The lowest BCUT2D eigenvalue weighted by atomic mass is 10.1. The van der Waals surface area contributed by atoms with E-state index in [4.69, 9.17) is 4.74 Å². The molecule has 28 heavy (non-hydrogen) atoms. The van der Waals surface area contributed by atoms with Crippen molar-refractivity contribution in [1.29, 1.82) is 0 Å². The van der Waals surface area contributed by atoms with Crippen LogP contribution >= 0.6 is 0 Å². The number of morpholine rings is 1. The van der Waals surface area contributed by atoms with Crippen LogP contribution in [0.1, 0.15) is 11.3 Å². The van der Waals surface area contributed by atoms with Gasteiger partial charge in [0.25, 0.3) is 0 Å². The molecular formula is C20H22N4O3S. The van der Waals surface area contributed by atoms with Crippen LogP contribution in [0.2, 0.25) is 0 Å². The summed E-state index contributed by atoms with van der Waals surface area (Å²) in [5, 5.41) is 13.7. The van der Waals surface area contributed by atoms with Crippen LogP contribution in [-0.4, -0.2) is 49.2 Å². The summed E-state index contributed by atoms with van der Waals surface area (Å²) < 4.78 is 32.9. The number of rotatable bonds is 5. The quantitative estimate of drug-likeness (QED) is 0.711. The van der Waals surface area contributed by atoms with Gasteiger partial charge in [-0.15, -0.1) is 5.10 Å². The topological polar surface area (TPSA) is 84.4 Å². The lowest BCUT2D eigenvalue weighted by Gasteiger charge is -2.27. The fourth-order valence-corrected chi connectivity index (χ4v) is 5.00. The highest BCUT2D eigenvalue weighted by molar-refractivity contribution is 7.89. The first kappa shape index (κ1) is 18.8. The lowest BCUT2D eigenvalue weighted by molar-refractivity contribution is 0.0730. The van der Waals surface area contributed by atoms with E-state index in [0.717, 1.165) is 16.5 Å². The van der Waals surface area contributed by atoms with E-state index in [1.165, 1.54) is 4.31 Å². The molecule has 1 saturated heterocycles. The summed E-state index contributed by atoms with van der Waals surface area (Å²) in [6.45, 7) is 3.84. The Kier molecular flexibility index (Phi) is 5.25. The first-order chi connectivity index (χ1) is 13.6. The standard InChI is InChI=1S/C20H22N4O3S/c1-15-17-7-3-4-8-18(17)20(23-22-15)21-14-16-6-2-5-9-19(16)28(25,26)24-10-12-27-13-11-24/h2-9H,10-14H2,1H3,(H,21,23). The van der Waals surface area contributed by atoms with E-state index in [2.05, 4.69) is 15.5 Å². The smallest absolute Gasteiger partial charge is 0.243 e. The van der Waals surface area contributed by atoms with Crippen LogP contribution in [-0.2, 0) is 21.3 Å². The summed E-state index contributed by atoms with van der Waals surface area (Å²) in [5.74, 6) is 0.639. The zero-order chi connectivity index (χ0) is 19.6. The van der Waals surface area contributed by atoms with Crippen LogP contribution in [0.15, 0.2) is 53.4 Å². The van der Waals surface area contributed by atoms with E-state index in [1.54, 1.807) is 12.1 Å². The third-order valence-corrected chi connectivity index (χ3v) is 6.88. The van der Waals surface area contributed by atoms with Gasteiger partial charge in [-0.1, -0.05) is 42.5 Å². The maximum atomic E-state index is 13.1. The summed E-state index contributed by atoms with van der Waals surface area (Å²) in [7, 11) is -3.57. The second kappa shape index (κ2) is 7.83. The van der Waals surface area contributed by atoms with Crippen molar-refractivity contribution in [3.05, 3.63) is 59.8 Å². The number of benzene rings is 2. The maximum absolute atomic E-state index is 13.1. The fourth-order valence-electron chi connectivity index (χ4n) is 3.37. The number of ether oxygens (including phenoxy) is 1. The predicted molar refractivity (Wildman–Crippen MR) is 108 cm³/mol. The molecule has 2 aromatic carbocycles. The highest BCUT2D eigenvalue weighted by atomic mass is 32.2. The van der Waals surface area contributed by atoms with E-state index in [1.807, 2.05) is 43.3 Å². The monoisotopic (exact) mass is 398 g/mol. The highest BCUT2D eigenvalue weighted by Gasteiger charge is 2.28. The number of fused-ring (bicyclic) bond motifs is 1. The van der Waals surface area contributed by atoms with E-state index in [0.29, 0.717) is 49.1 Å². The molecule has 0 aliphatic carbocycles. The van der Waals surface area contributed by atoms with Gasteiger partial charge in [0, 0.05) is 30.4 Å². The third kappa shape index (κ3) is 3.58. The Bertz CT molecular complexity index is 1100. The van der Waals surface area contributed by atoms with E-state index >= 15 is 0 Å². The van der Waals surface area contributed by atoms with Gasteiger partial charge in [-0.25, -0.2) is 8.42 Å². The molecule has 3 aromatic rings. The van der Waals surface area contributed by atoms with Crippen LogP contribution in [0.5, 0.6) is 0 Å². The normalized spacial score (nSPS) is 15.6. The van der Waals surface area contributed by atoms with Gasteiger partial charge in [0.1, 0.15) is 0 Å². The van der Waals surface area contributed by atoms with Crippen molar-refractivity contribution in [2.75, 3.05) is 31.6 Å². The number of hydrogen-bond donors (Lipinski definition) is 1. The highest BCUT2D eigenvalue weighted by Crippen LogP contribution is 2.25. The Hall–Kier alpha value is -2.55. The minimum Gasteiger partial charge on any atom is -0.379 e. The average molecular weight is 398 g/mol. The van der Waals surface area contributed by atoms with Gasteiger partial charge in [0.2, 0.25) is 10.0 Å². The Morgan fingerprint density at radius 2 is 1.68 bits per heavy atom. The van der Waals surface area contributed by atoms with Gasteiger partial charge >= 0.3 is 0 Å². The summed E-state index contributed by atoms with van der Waals surface area (Å²) in [6, 6.07) is 15.0. The van der Waals surface area contributed by atoms with Gasteiger partial charge < -0.3 is 10.1 Å². The fraction of sp³-hybridized carbons (Fsp3) is 0.300. The summed E-state index contributed by atoms with van der Waals surface area (Å²) in [6.07, 6.45) is 0. The van der Waals surface area contributed by atoms with Crippen molar-refractivity contribution in [1.82, 2.24) is 14.5 Å². The van der Waals surface area contributed by atoms with E-state index < -0.39 is 10.0 Å². The number of hydrogen-bond acceptors (Lipinski definition) is 6. The van der Waals surface area contributed by atoms with Crippen LogP contribution in [0.25, 0.3) is 10.8 Å². The molecule has 0 atom stereocenters. The molecule has 0 radical (unpaired) electrons. The van der Waals surface area contributed by atoms with Crippen molar-refractivity contribution in [3.8, 4) is 0 Å². The first-order valence-corrected chi connectivity index (χ1v) is 10.6. The van der Waals surface area contributed by atoms with Crippen LogP contribution in [0.4, 0.5) is 5.82 Å². The summed E-state index contributed by atoms with van der Waals surface area (Å²) in [5.41, 5.74) is 1.55. The molecule has 8 heteroatoms. The number of aromatic nitrogens is 2. The Labute approximate surface area is 164 Å². The summed E-state index contributed by atoms with van der Waals surface area (Å²) >= 11 is 0. The Balaban J connectivity index is 1.63. The molecule has 0 unspecified atom stereocenters. The van der Waals surface area contributed by atoms with Crippen molar-refractivity contribution in [2.24, 2.45) is 0 Å². The van der Waals surface area contributed by atoms with Gasteiger partial charge in [0.05, 0.1) is 23.8 Å². The Morgan fingerprint density at radius 3 is 2.46 bits per heavy atom. The molecule has 7 nitrogen and oxygen atoms in total. The molecule has 4 rings (SSSR count). The average Bonchev–Trinajstić information content (AvgIpc) is 2.74. The molecule has 2 heterocycles. The van der Waals surface area contributed by atoms with E-state index in [9.17, 15) is 8.42 Å². The molecule has 0 bridgehead atoms. The molecule has 1 aliphatic heterocycles. The Morgan fingerprint density at radius 1 is 1.00 bits per heavy atom. The zero-order valence-corrected chi connectivity index (χ0v) is 16.4. The second-order valence-electron chi connectivity index (χ2n) is 6.66. The largest absolute Gasteiger partial charge is 0.379 e. The first-order valence-electron chi connectivity index (χ1n) is 9.19. The van der Waals surface area contributed by atoms with Crippen molar-refractivity contribution < 1.29 is 13.2 Å².